The van der Waals surface area contributed by atoms with Crippen LogP contribution in [0.4, 0.5) is 0 Å². The van der Waals surface area contributed by atoms with E-state index in [1.807, 2.05) is 4.90 Å². The van der Waals surface area contributed by atoms with Crippen LogP contribution in [0.25, 0.3) is 0 Å². The first-order chi connectivity index (χ1) is 7.74. The van der Waals surface area contributed by atoms with Crippen LogP contribution in [0, 0.1) is 0 Å². The van der Waals surface area contributed by atoms with Gasteiger partial charge in [-0.15, -0.1) is 12.4 Å². The number of ether oxygens (including phenoxy) is 1. The van der Waals surface area contributed by atoms with Gasteiger partial charge >= 0.3 is 0 Å². The van der Waals surface area contributed by atoms with Gasteiger partial charge in [-0.25, -0.2) is 0 Å². The molecule has 2 fully saturated rings. The molecule has 100 valence electrons. The van der Waals surface area contributed by atoms with E-state index in [9.17, 15) is 4.79 Å². The zero-order chi connectivity index (χ0) is 11.5. The number of rotatable bonds is 3. The minimum Gasteiger partial charge on any atom is -0.374 e. The Morgan fingerprint density at radius 2 is 2.29 bits per heavy atom. The van der Waals surface area contributed by atoms with Gasteiger partial charge in [-0.05, 0) is 25.7 Å². The van der Waals surface area contributed by atoms with E-state index in [-0.39, 0.29) is 30.5 Å². The Bertz CT molecular complexity index is 263. The third-order valence-corrected chi connectivity index (χ3v) is 3.68. The van der Waals surface area contributed by atoms with Crippen molar-refractivity contribution in [2.45, 2.75) is 57.2 Å². The fourth-order valence-electron chi connectivity index (χ4n) is 2.85. The Labute approximate surface area is 109 Å². The number of nitrogens with zero attached hydrogens (tertiary/aromatic N) is 1. The lowest BCUT2D eigenvalue weighted by atomic mass is 10.1. The van der Waals surface area contributed by atoms with Crippen LogP contribution >= 0.6 is 12.4 Å². The molecule has 1 aliphatic heterocycles. The van der Waals surface area contributed by atoms with Gasteiger partial charge in [0, 0.05) is 6.54 Å². The van der Waals surface area contributed by atoms with Gasteiger partial charge in [-0.2, -0.15) is 0 Å². The lowest BCUT2D eigenvalue weighted by Gasteiger charge is -2.38. The Morgan fingerprint density at radius 1 is 1.53 bits per heavy atom. The summed E-state index contributed by atoms with van der Waals surface area (Å²) in [5.41, 5.74) is 5.91. The summed E-state index contributed by atoms with van der Waals surface area (Å²) in [5, 5.41) is 0. The fourth-order valence-corrected chi connectivity index (χ4v) is 2.85. The Hall–Kier alpha value is -0.320. The highest BCUT2D eigenvalue weighted by molar-refractivity contribution is 5.85. The van der Waals surface area contributed by atoms with Gasteiger partial charge in [-0.3, -0.25) is 4.79 Å². The van der Waals surface area contributed by atoms with Gasteiger partial charge in [0.2, 0.25) is 5.91 Å². The molecule has 0 radical (unpaired) electrons. The minimum atomic E-state index is -0.315. The van der Waals surface area contributed by atoms with Gasteiger partial charge in [0.25, 0.3) is 0 Å². The van der Waals surface area contributed by atoms with Crippen LogP contribution in [0.15, 0.2) is 0 Å². The second kappa shape index (κ2) is 6.57. The molecule has 2 N–H and O–H groups in total. The Kier molecular flexibility index (Phi) is 5.70. The third kappa shape index (κ3) is 3.12. The van der Waals surface area contributed by atoms with E-state index in [2.05, 4.69) is 6.92 Å². The quantitative estimate of drug-likeness (QED) is 0.835. The maximum atomic E-state index is 12.2. The van der Waals surface area contributed by atoms with Crippen molar-refractivity contribution in [1.29, 1.82) is 0 Å². The van der Waals surface area contributed by atoms with Crippen molar-refractivity contribution < 1.29 is 9.53 Å². The Morgan fingerprint density at radius 3 is 3.00 bits per heavy atom. The highest BCUT2D eigenvalue weighted by atomic mass is 35.5. The van der Waals surface area contributed by atoms with Crippen molar-refractivity contribution in [3.05, 3.63) is 0 Å². The minimum absolute atomic E-state index is 0. The predicted octanol–water partition coefficient (Wildman–Crippen LogP) is 1.32. The van der Waals surface area contributed by atoms with E-state index in [0.29, 0.717) is 12.6 Å². The van der Waals surface area contributed by atoms with Crippen LogP contribution < -0.4 is 5.73 Å². The average molecular weight is 263 g/mol. The molecule has 1 amide bonds. The first-order valence-corrected chi connectivity index (χ1v) is 6.41. The molecule has 3 unspecified atom stereocenters. The highest BCUT2D eigenvalue weighted by Gasteiger charge is 2.39. The molecule has 4 nitrogen and oxygen atoms in total. The van der Waals surface area contributed by atoms with E-state index >= 15 is 0 Å². The molecule has 1 saturated carbocycles. The van der Waals surface area contributed by atoms with Crippen LogP contribution in [0.3, 0.4) is 0 Å². The lowest BCUT2D eigenvalue weighted by Crippen LogP contribution is -2.55. The van der Waals surface area contributed by atoms with Crippen molar-refractivity contribution >= 4 is 18.3 Å². The summed E-state index contributed by atoms with van der Waals surface area (Å²) in [6.07, 6.45) is 5.36. The average Bonchev–Trinajstić information content (AvgIpc) is 2.76. The molecule has 0 aromatic carbocycles. The second-order valence-electron chi connectivity index (χ2n) is 4.83. The number of morpholine rings is 1. The van der Waals surface area contributed by atoms with Crippen LogP contribution in [0.5, 0.6) is 0 Å². The molecule has 1 aliphatic carbocycles. The molecule has 3 atom stereocenters. The van der Waals surface area contributed by atoms with Crippen molar-refractivity contribution in [2.75, 3.05) is 13.2 Å². The number of hydrogen-bond acceptors (Lipinski definition) is 3. The molecule has 0 aromatic heterocycles. The second-order valence-corrected chi connectivity index (χ2v) is 4.83. The number of fused-ring (bicyclic) bond motifs is 1. The summed E-state index contributed by atoms with van der Waals surface area (Å²) in [5.74, 6) is 0.127. The SMILES string of the molecule is CCCC(N)C(=O)N1CCOC2CCCC21.Cl. The number of carbonyl (C=O) groups is 1. The summed E-state index contributed by atoms with van der Waals surface area (Å²) in [6, 6.07) is -0.0199. The van der Waals surface area contributed by atoms with Crippen molar-refractivity contribution in [2.24, 2.45) is 5.73 Å². The molecule has 0 spiro atoms. The number of halogens is 1. The van der Waals surface area contributed by atoms with Gasteiger partial charge in [0.05, 0.1) is 24.8 Å². The lowest BCUT2D eigenvalue weighted by molar-refractivity contribution is -0.145. The third-order valence-electron chi connectivity index (χ3n) is 3.68. The van der Waals surface area contributed by atoms with Crippen LogP contribution in [0.1, 0.15) is 39.0 Å². The highest BCUT2D eigenvalue weighted by Crippen LogP contribution is 2.30. The van der Waals surface area contributed by atoms with Gasteiger partial charge in [-0.1, -0.05) is 13.3 Å². The van der Waals surface area contributed by atoms with E-state index in [0.717, 1.165) is 32.2 Å². The standard InChI is InChI=1S/C12H22N2O2.ClH/c1-2-4-9(13)12(15)14-7-8-16-11-6-3-5-10(11)14;/h9-11H,2-8,13H2,1H3;1H. The summed E-state index contributed by atoms with van der Waals surface area (Å²) >= 11 is 0. The number of amides is 1. The largest absolute Gasteiger partial charge is 0.374 e. The normalized spacial score (nSPS) is 29.4. The van der Waals surface area contributed by atoms with Crippen molar-refractivity contribution in [3.8, 4) is 0 Å². The van der Waals surface area contributed by atoms with Gasteiger partial charge in [0.1, 0.15) is 0 Å². The molecule has 0 aromatic rings. The summed E-state index contributed by atoms with van der Waals surface area (Å²) < 4.78 is 5.69. The molecule has 1 saturated heterocycles. The van der Waals surface area contributed by atoms with Crippen molar-refractivity contribution in [3.63, 3.8) is 0 Å². The molecule has 0 bridgehead atoms. The predicted molar refractivity (Wildman–Crippen MR) is 69.2 cm³/mol. The molecule has 5 heteroatoms. The van der Waals surface area contributed by atoms with Gasteiger partial charge < -0.3 is 15.4 Å². The van der Waals surface area contributed by atoms with Gasteiger partial charge in [0.15, 0.2) is 0 Å². The van der Waals surface area contributed by atoms with Crippen LogP contribution in [-0.4, -0.2) is 42.1 Å². The maximum absolute atomic E-state index is 12.2. The van der Waals surface area contributed by atoms with Crippen LogP contribution in [-0.2, 0) is 9.53 Å². The summed E-state index contributed by atoms with van der Waals surface area (Å²) in [7, 11) is 0. The molecule has 17 heavy (non-hydrogen) atoms. The van der Waals surface area contributed by atoms with E-state index in [4.69, 9.17) is 10.5 Å². The molecule has 2 rings (SSSR count). The molecular weight excluding hydrogens is 240 g/mol. The number of nitrogens with two attached hydrogens (primary N) is 1. The Balaban J connectivity index is 0.00000144. The number of carbonyl (C=O) groups excluding carboxylic acids is 1. The molecule has 2 aliphatic rings. The smallest absolute Gasteiger partial charge is 0.239 e. The summed E-state index contributed by atoms with van der Waals surface area (Å²) in [6.45, 7) is 3.45. The number of hydrogen-bond donors (Lipinski definition) is 1. The molecular formula is C12H23ClN2O2. The van der Waals surface area contributed by atoms with E-state index in [1.165, 1.54) is 6.42 Å². The van der Waals surface area contributed by atoms with Crippen molar-refractivity contribution in [1.82, 2.24) is 4.90 Å². The first kappa shape index (κ1) is 14.7. The van der Waals surface area contributed by atoms with E-state index in [1.54, 1.807) is 0 Å². The zero-order valence-corrected chi connectivity index (χ0v) is 11.2. The fraction of sp³-hybridized carbons (Fsp3) is 0.917. The van der Waals surface area contributed by atoms with E-state index < -0.39 is 0 Å². The first-order valence-electron chi connectivity index (χ1n) is 6.41. The maximum Gasteiger partial charge on any atom is 0.239 e. The zero-order valence-electron chi connectivity index (χ0n) is 10.4. The topological polar surface area (TPSA) is 55.6 Å². The van der Waals surface area contributed by atoms with Crippen LogP contribution in [0.2, 0.25) is 0 Å². The molecule has 1 heterocycles. The monoisotopic (exact) mass is 262 g/mol. The summed E-state index contributed by atoms with van der Waals surface area (Å²) in [4.78, 5) is 14.1.